The minimum Gasteiger partial charge on any atom is -0.481 e. The molecule has 134 valence electrons. The quantitative estimate of drug-likeness (QED) is 0.578. The number of ether oxygens (including phenoxy) is 1. The largest absolute Gasteiger partial charge is 0.481 e. The minimum absolute atomic E-state index is 0.162. The number of hydrogen-bond donors (Lipinski definition) is 1. The van der Waals surface area contributed by atoms with E-state index in [1.54, 1.807) is 49.0 Å². The van der Waals surface area contributed by atoms with Crippen molar-refractivity contribution in [3.05, 3.63) is 63.1 Å². The van der Waals surface area contributed by atoms with E-state index in [1.807, 2.05) is 12.1 Å². The Labute approximate surface area is 167 Å². The van der Waals surface area contributed by atoms with Crippen molar-refractivity contribution in [3.8, 4) is 5.75 Å². The van der Waals surface area contributed by atoms with Crippen LogP contribution in [0.1, 0.15) is 12.5 Å². The van der Waals surface area contributed by atoms with Gasteiger partial charge in [0.1, 0.15) is 5.75 Å². The van der Waals surface area contributed by atoms with Crippen LogP contribution in [0, 0.1) is 0 Å². The second kappa shape index (κ2) is 10.2. The van der Waals surface area contributed by atoms with E-state index in [-0.39, 0.29) is 5.91 Å². The van der Waals surface area contributed by atoms with Gasteiger partial charge in [0, 0.05) is 33.1 Å². The molecule has 0 aliphatic heterocycles. The second-order valence-corrected chi connectivity index (χ2v) is 7.68. The van der Waals surface area contributed by atoms with E-state index in [9.17, 15) is 4.79 Å². The Kier molecular flexibility index (Phi) is 8.24. The lowest BCUT2D eigenvalue weighted by Gasteiger charge is -2.14. The van der Waals surface area contributed by atoms with Gasteiger partial charge in [0.25, 0.3) is 5.91 Å². The molecule has 0 saturated heterocycles. The molecule has 0 radical (unpaired) electrons. The summed E-state index contributed by atoms with van der Waals surface area (Å²) in [5.41, 5.74) is 1.03. The highest BCUT2D eigenvalue weighted by Gasteiger charge is 2.14. The van der Waals surface area contributed by atoms with Crippen molar-refractivity contribution < 1.29 is 9.53 Å². The fourth-order valence-corrected chi connectivity index (χ4v) is 3.61. The number of hydrogen-bond acceptors (Lipinski definition) is 3. The third-order valence-corrected chi connectivity index (χ3v) is 5.13. The van der Waals surface area contributed by atoms with E-state index >= 15 is 0 Å². The summed E-state index contributed by atoms with van der Waals surface area (Å²) in [5.74, 6) is 1.95. The molecule has 0 saturated carbocycles. The first kappa shape index (κ1) is 20.2. The summed E-state index contributed by atoms with van der Waals surface area (Å²) in [4.78, 5) is 12.0. The third kappa shape index (κ3) is 6.98. The van der Waals surface area contributed by atoms with Crippen LogP contribution in [-0.4, -0.2) is 24.3 Å². The summed E-state index contributed by atoms with van der Waals surface area (Å²) < 4.78 is 5.58. The maximum atomic E-state index is 12.0. The van der Waals surface area contributed by atoms with Crippen LogP contribution in [0.5, 0.6) is 5.75 Å². The van der Waals surface area contributed by atoms with Gasteiger partial charge in [-0.25, -0.2) is 0 Å². The first-order valence-corrected chi connectivity index (χ1v) is 9.96. The molecule has 7 heteroatoms. The topological polar surface area (TPSA) is 38.3 Å². The van der Waals surface area contributed by atoms with Crippen LogP contribution < -0.4 is 10.1 Å². The molecular formula is C18H18Cl3NO2S. The molecule has 0 aliphatic rings. The highest BCUT2D eigenvalue weighted by Crippen LogP contribution is 2.24. The van der Waals surface area contributed by atoms with Gasteiger partial charge in [-0.2, -0.15) is 11.8 Å². The molecule has 0 aliphatic carbocycles. The molecule has 0 spiro atoms. The van der Waals surface area contributed by atoms with Gasteiger partial charge in [-0.3, -0.25) is 4.79 Å². The van der Waals surface area contributed by atoms with E-state index in [0.717, 1.165) is 17.1 Å². The average molecular weight is 419 g/mol. The summed E-state index contributed by atoms with van der Waals surface area (Å²) >= 11 is 19.6. The van der Waals surface area contributed by atoms with E-state index in [4.69, 9.17) is 39.5 Å². The highest BCUT2D eigenvalue weighted by molar-refractivity contribution is 7.98. The molecule has 0 unspecified atom stereocenters. The van der Waals surface area contributed by atoms with Gasteiger partial charge in [-0.15, -0.1) is 0 Å². The second-order valence-electron chi connectivity index (χ2n) is 5.30. The molecule has 3 nitrogen and oxygen atoms in total. The molecule has 2 rings (SSSR count). The standard InChI is InChI=1S/C18H18Cl3NO2S/c1-12(24-16-4-2-3-14(19)9-16)18(23)22-7-8-25-11-13-5-6-15(20)10-17(13)21/h2-6,9-10,12H,7-8,11H2,1H3,(H,22,23)/t12-/m0/s1. The summed E-state index contributed by atoms with van der Waals surface area (Å²) in [5, 5.41) is 4.71. The molecular weight excluding hydrogens is 401 g/mol. The average Bonchev–Trinajstić information content (AvgIpc) is 2.56. The number of amides is 1. The first-order valence-electron chi connectivity index (χ1n) is 7.67. The lowest BCUT2D eigenvalue weighted by Crippen LogP contribution is -2.37. The number of halogens is 3. The number of rotatable bonds is 8. The van der Waals surface area contributed by atoms with E-state index in [0.29, 0.717) is 27.4 Å². The lowest BCUT2D eigenvalue weighted by molar-refractivity contribution is -0.127. The zero-order valence-corrected chi connectivity index (χ0v) is 16.7. The molecule has 0 heterocycles. The van der Waals surface area contributed by atoms with E-state index in [2.05, 4.69) is 5.32 Å². The number of carbonyl (C=O) groups is 1. The predicted molar refractivity (Wildman–Crippen MR) is 107 cm³/mol. The Balaban J connectivity index is 1.67. The molecule has 1 atom stereocenters. The fraction of sp³-hybridized carbons (Fsp3) is 0.278. The van der Waals surface area contributed by atoms with Crippen LogP contribution in [0.2, 0.25) is 15.1 Å². The molecule has 0 fully saturated rings. The normalized spacial score (nSPS) is 11.8. The van der Waals surface area contributed by atoms with Crippen LogP contribution in [0.25, 0.3) is 0 Å². The van der Waals surface area contributed by atoms with Crippen LogP contribution in [0.4, 0.5) is 0 Å². The van der Waals surface area contributed by atoms with Crippen LogP contribution >= 0.6 is 46.6 Å². The van der Waals surface area contributed by atoms with E-state index in [1.165, 1.54) is 0 Å². The highest BCUT2D eigenvalue weighted by atomic mass is 35.5. The number of benzene rings is 2. The summed E-state index contributed by atoms with van der Waals surface area (Å²) in [6, 6.07) is 12.4. The summed E-state index contributed by atoms with van der Waals surface area (Å²) in [6.45, 7) is 2.26. The van der Waals surface area contributed by atoms with Gasteiger partial charge >= 0.3 is 0 Å². The van der Waals surface area contributed by atoms with Gasteiger partial charge in [-0.1, -0.05) is 46.9 Å². The van der Waals surface area contributed by atoms with Crippen LogP contribution in [-0.2, 0) is 10.5 Å². The smallest absolute Gasteiger partial charge is 0.260 e. The van der Waals surface area contributed by atoms with Gasteiger partial charge in [0.15, 0.2) is 6.10 Å². The molecule has 2 aromatic rings. The van der Waals surface area contributed by atoms with Crippen LogP contribution in [0.15, 0.2) is 42.5 Å². The Morgan fingerprint density at radius 2 is 1.92 bits per heavy atom. The van der Waals surface area contributed by atoms with Gasteiger partial charge in [-0.05, 0) is 42.8 Å². The van der Waals surface area contributed by atoms with Gasteiger partial charge in [0.05, 0.1) is 0 Å². The molecule has 1 amide bonds. The molecule has 25 heavy (non-hydrogen) atoms. The number of thioether (sulfide) groups is 1. The minimum atomic E-state index is -0.589. The molecule has 0 bridgehead atoms. The summed E-state index contributed by atoms with van der Waals surface area (Å²) in [6.07, 6.45) is -0.589. The Bertz CT molecular complexity index is 727. The first-order chi connectivity index (χ1) is 12.0. The maximum Gasteiger partial charge on any atom is 0.260 e. The fourth-order valence-electron chi connectivity index (χ4n) is 2.01. The van der Waals surface area contributed by atoms with Crippen molar-refractivity contribution >= 4 is 52.5 Å². The van der Waals surface area contributed by atoms with Crippen molar-refractivity contribution in [2.24, 2.45) is 0 Å². The third-order valence-electron chi connectivity index (χ3n) is 3.30. The lowest BCUT2D eigenvalue weighted by atomic mass is 10.2. The SMILES string of the molecule is C[C@H](Oc1cccc(Cl)c1)C(=O)NCCSCc1ccc(Cl)cc1Cl. The molecule has 1 N–H and O–H groups in total. The Hall–Kier alpha value is -1.07. The van der Waals surface area contributed by atoms with Crippen molar-refractivity contribution in [3.63, 3.8) is 0 Å². The molecule has 2 aromatic carbocycles. The zero-order chi connectivity index (χ0) is 18.2. The number of carbonyl (C=O) groups excluding carboxylic acids is 1. The monoisotopic (exact) mass is 417 g/mol. The number of nitrogens with one attached hydrogen (secondary N) is 1. The van der Waals surface area contributed by atoms with Crippen molar-refractivity contribution in [1.82, 2.24) is 5.32 Å². The molecule has 0 aromatic heterocycles. The Morgan fingerprint density at radius 3 is 2.64 bits per heavy atom. The van der Waals surface area contributed by atoms with Crippen molar-refractivity contribution in [2.75, 3.05) is 12.3 Å². The van der Waals surface area contributed by atoms with Crippen molar-refractivity contribution in [1.29, 1.82) is 0 Å². The van der Waals surface area contributed by atoms with Gasteiger partial charge in [0.2, 0.25) is 0 Å². The Morgan fingerprint density at radius 1 is 1.16 bits per heavy atom. The van der Waals surface area contributed by atoms with Crippen molar-refractivity contribution in [2.45, 2.75) is 18.8 Å². The predicted octanol–water partition coefficient (Wildman–Crippen LogP) is 5.46. The zero-order valence-electron chi connectivity index (χ0n) is 13.6. The van der Waals surface area contributed by atoms with Gasteiger partial charge < -0.3 is 10.1 Å². The maximum absolute atomic E-state index is 12.0. The van der Waals surface area contributed by atoms with Crippen LogP contribution in [0.3, 0.4) is 0 Å². The summed E-state index contributed by atoms with van der Waals surface area (Å²) in [7, 11) is 0. The van der Waals surface area contributed by atoms with E-state index < -0.39 is 6.10 Å².